The highest BCUT2D eigenvalue weighted by atomic mass is 28.3. The van der Waals surface area contributed by atoms with Crippen LogP contribution < -0.4 is 0 Å². The number of nitrogens with zero attached hydrogens (tertiary/aromatic N) is 1. The Labute approximate surface area is 157 Å². The van der Waals surface area contributed by atoms with Crippen LogP contribution in [0.1, 0.15) is 51.9 Å². The molecular formula is C22H29NO2Si. The second-order valence-corrected chi connectivity index (χ2v) is 13.6. The fourth-order valence-electron chi connectivity index (χ4n) is 4.30. The van der Waals surface area contributed by atoms with E-state index in [1.807, 2.05) is 35.9 Å². The molecule has 0 aliphatic carbocycles. The molecule has 0 saturated heterocycles. The molecule has 0 aliphatic heterocycles. The molecule has 1 aromatic carbocycles. The molecule has 0 fully saturated rings. The molecule has 0 unspecified atom stereocenters. The van der Waals surface area contributed by atoms with E-state index in [0.29, 0.717) is 22.2 Å². The van der Waals surface area contributed by atoms with Crippen molar-refractivity contribution in [3.05, 3.63) is 36.0 Å². The van der Waals surface area contributed by atoms with Crippen LogP contribution in [0.2, 0.25) is 16.6 Å². The van der Waals surface area contributed by atoms with Crippen molar-refractivity contribution >= 4 is 30.5 Å². The lowest BCUT2D eigenvalue weighted by molar-refractivity contribution is -0.110. The van der Waals surface area contributed by atoms with E-state index >= 15 is 0 Å². The molecule has 0 atom stereocenters. The summed E-state index contributed by atoms with van der Waals surface area (Å²) in [6, 6.07) is 7.62. The number of carbonyl (C=O) groups is 2. The molecule has 0 N–H and O–H groups in total. The molecule has 2 aromatic rings. The van der Waals surface area contributed by atoms with Crippen molar-refractivity contribution in [3.8, 4) is 11.5 Å². The van der Waals surface area contributed by atoms with Crippen molar-refractivity contribution in [2.24, 2.45) is 7.05 Å². The first kappa shape index (κ1) is 20.2. The maximum Gasteiger partial charge on any atom is 0.275 e. The molecule has 0 saturated carbocycles. The van der Waals surface area contributed by atoms with Crippen LogP contribution in [0.3, 0.4) is 0 Å². The second kappa shape index (κ2) is 7.63. The predicted octanol–water partition coefficient (Wildman–Crippen LogP) is 5.15. The van der Waals surface area contributed by atoms with Crippen molar-refractivity contribution in [3.63, 3.8) is 0 Å². The second-order valence-electron chi connectivity index (χ2n) is 7.98. The zero-order valence-electron chi connectivity index (χ0n) is 16.9. The van der Waals surface area contributed by atoms with Crippen LogP contribution >= 0.6 is 0 Å². The average Bonchev–Trinajstić information content (AvgIpc) is 2.91. The zero-order chi connectivity index (χ0) is 19.6. The summed E-state index contributed by atoms with van der Waals surface area (Å²) < 4.78 is 1.87. The predicted molar refractivity (Wildman–Crippen MR) is 111 cm³/mol. The Morgan fingerprint density at radius 2 is 1.50 bits per heavy atom. The van der Waals surface area contributed by atoms with E-state index in [0.717, 1.165) is 10.9 Å². The topological polar surface area (TPSA) is 39.1 Å². The number of rotatable bonds is 5. The van der Waals surface area contributed by atoms with E-state index in [-0.39, 0.29) is 0 Å². The minimum atomic E-state index is -2.03. The van der Waals surface area contributed by atoms with E-state index in [2.05, 4.69) is 53.0 Å². The lowest BCUT2D eigenvalue weighted by Gasteiger charge is -2.37. The number of fused-ring (bicyclic) bond motifs is 1. The van der Waals surface area contributed by atoms with Gasteiger partial charge >= 0.3 is 0 Å². The highest BCUT2D eigenvalue weighted by Crippen LogP contribution is 2.40. The molecule has 0 aliphatic rings. The third-order valence-electron chi connectivity index (χ3n) is 5.61. The summed E-state index contributed by atoms with van der Waals surface area (Å²) in [5.41, 5.74) is 6.00. The zero-order valence-corrected chi connectivity index (χ0v) is 17.9. The minimum absolute atomic E-state index is 0.426. The van der Waals surface area contributed by atoms with Crippen molar-refractivity contribution in [1.29, 1.82) is 0 Å². The summed E-state index contributed by atoms with van der Waals surface area (Å²) in [6.45, 7) is 13.2. The number of ketones is 2. The quantitative estimate of drug-likeness (QED) is 0.317. The van der Waals surface area contributed by atoms with Crippen LogP contribution in [0.15, 0.2) is 30.5 Å². The van der Waals surface area contributed by atoms with Gasteiger partial charge in [0.05, 0.1) is 5.56 Å². The maximum atomic E-state index is 12.7. The standard InChI is InChI=1S/C22H29NO2Si/c1-15(2)26(16(3)4,17(5)6)13-12-21(24)22(25)19-14-23(7)20-11-9-8-10-18(19)20/h8-11,14-17H,1-7H3. The first-order valence-corrected chi connectivity index (χ1v) is 11.5. The van der Waals surface area contributed by atoms with Gasteiger partial charge < -0.3 is 4.57 Å². The van der Waals surface area contributed by atoms with Crippen LogP contribution in [-0.4, -0.2) is 24.2 Å². The summed E-state index contributed by atoms with van der Waals surface area (Å²) >= 11 is 0. The molecule has 1 aromatic heterocycles. The van der Waals surface area contributed by atoms with Gasteiger partial charge in [0.1, 0.15) is 8.07 Å². The molecule has 0 bridgehead atoms. The Morgan fingerprint density at radius 3 is 2.04 bits per heavy atom. The van der Waals surface area contributed by atoms with Gasteiger partial charge in [0.2, 0.25) is 5.78 Å². The van der Waals surface area contributed by atoms with E-state index in [9.17, 15) is 9.59 Å². The van der Waals surface area contributed by atoms with Crippen LogP contribution in [0.5, 0.6) is 0 Å². The van der Waals surface area contributed by atoms with E-state index in [4.69, 9.17) is 0 Å². The summed E-state index contributed by atoms with van der Waals surface area (Å²) in [4.78, 5) is 25.3. The van der Waals surface area contributed by atoms with E-state index in [1.54, 1.807) is 6.20 Å². The summed E-state index contributed by atoms with van der Waals surface area (Å²) in [6.07, 6.45) is 1.73. The molecule has 4 heteroatoms. The summed E-state index contributed by atoms with van der Waals surface area (Å²) in [5.74, 6) is 1.65. The molecule has 1 heterocycles. The fraction of sp³-hybridized carbons (Fsp3) is 0.455. The Kier molecular flexibility index (Phi) is 5.93. The van der Waals surface area contributed by atoms with Crippen LogP contribution in [0, 0.1) is 11.5 Å². The Hall–Kier alpha value is -2.12. The first-order valence-electron chi connectivity index (χ1n) is 9.28. The van der Waals surface area contributed by atoms with Crippen molar-refractivity contribution in [2.75, 3.05) is 0 Å². The number of para-hydroxylation sites is 1. The van der Waals surface area contributed by atoms with E-state index in [1.165, 1.54) is 0 Å². The van der Waals surface area contributed by atoms with Crippen molar-refractivity contribution < 1.29 is 9.59 Å². The van der Waals surface area contributed by atoms with Gasteiger partial charge in [-0.1, -0.05) is 59.7 Å². The molecule has 0 radical (unpaired) electrons. The normalized spacial score (nSPS) is 11.9. The van der Waals surface area contributed by atoms with Gasteiger partial charge in [-0.05, 0) is 28.6 Å². The maximum absolute atomic E-state index is 12.7. The number of hydrogen-bond donors (Lipinski definition) is 0. The Balaban J connectivity index is 2.44. The van der Waals surface area contributed by atoms with Gasteiger partial charge in [0.25, 0.3) is 5.78 Å². The van der Waals surface area contributed by atoms with Gasteiger partial charge in [0, 0.05) is 24.1 Å². The van der Waals surface area contributed by atoms with Gasteiger partial charge in [-0.25, -0.2) is 0 Å². The van der Waals surface area contributed by atoms with Crippen LogP contribution in [0.25, 0.3) is 10.9 Å². The lowest BCUT2D eigenvalue weighted by atomic mass is 10.1. The molecular weight excluding hydrogens is 338 g/mol. The lowest BCUT2D eigenvalue weighted by Crippen LogP contribution is -2.43. The number of hydrogen-bond acceptors (Lipinski definition) is 2. The molecule has 0 amide bonds. The monoisotopic (exact) mass is 367 g/mol. The number of Topliss-reactive ketones (excluding diaryl/α,β-unsaturated/α-hetero) is 2. The van der Waals surface area contributed by atoms with Gasteiger partial charge in [0.15, 0.2) is 0 Å². The number of benzene rings is 1. The molecule has 0 spiro atoms. The van der Waals surface area contributed by atoms with Gasteiger partial charge in [-0.3, -0.25) is 9.59 Å². The van der Waals surface area contributed by atoms with E-state index < -0.39 is 19.6 Å². The highest BCUT2D eigenvalue weighted by molar-refractivity contribution is 6.91. The third kappa shape index (κ3) is 3.41. The molecule has 26 heavy (non-hydrogen) atoms. The first-order chi connectivity index (χ1) is 12.1. The molecule has 3 nitrogen and oxygen atoms in total. The average molecular weight is 368 g/mol. The third-order valence-corrected chi connectivity index (χ3v) is 11.9. The van der Waals surface area contributed by atoms with Crippen molar-refractivity contribution in [1.82, 2.24) is 4.57 Å². The van der Waals surface area contributed by atoms with Gasteiger partial charge in [-0.2, -0.15) is 0 Å². The summed E-state index contributed by atoms with van der Waals surface area (Å²) in [7, 11) is -0.147. The largest absolute Gasteiger partial charge is 0.350 e. The Bertz CT molecular complexity index is 872. The highest BCUT2D eigenvalue weighted by Gasteiger charge is 2.42. The molecule has 2 rings (SSSR count). The Morgan fingerprint density at radius 1 is 0.962 bits per heavy atom. The smallest absolute Gasteiger partial charge is 0.275 e. The van der Waals surface area contributed by atoms with Gasteiger partial charge in [-0.15, -0.1) is 5.54 Å². The SMILES string of the molecule is CC(C)[Si](C#CC(=O)C(=O)c1cn(C)c2ccccc12)(C(C)C)C(C)C. The molecule has 138 valence electrons. The minimum Gasteiger partial charge on any atom is -0.350 e. The number of aryl methyl sites for hydroxylation is 1. The fourth-order valence-corrected chi connectivity index (χ4v) is 9.50. The van der Waals surface area contributed by atoms with Crippen LogP contribution in [-0.2, 0) is 11.8 Å². The summed E-state index contributed by atoms with van der Waals surface area (Å²) in [5, 5.41) is 0.801. The number of carbonyl (C=O) groups excluding carboxylic acids is 2. The van der Waals surface area contributed by atoms with Crippen LogP contribution in [0.4, 0.5) is 0 Å². The van der Waals surface area contributed by atoms with Crippen molar-refractivity contribution in [2.45, 2.75) is 58.2 Å². The number of aromatic nitrogens is 1.